The lowest BCUT2D eigenvalue weighted by Gasteiger charge is -2.22. The number of alkyl halides is 2. The second-order valence-electron chi connectivity index (χ2n) is 4.80. The van der Waals surface area contributed by atoms with Crippen molar-refractivity contribution in [2.45, 2.75) is 37.6 Å². The summed E-state index contributed by atoms with van der Waals surface area (Å²) in [5.74, 6) is 0.243. The largest absolute Gasteiger partial charge is 0.318 e. The average molecular weight is 292 g/mol. The minimum Gasteiger partial charge on any atom is -0.310 e. The van der Waals surface area contributed by atoms with Crippen molar-refractivity contribution >= 4 is 9.84 Å². The van der Waals surface area contributed by atoms with Crippen molar-refractivity contribution in [3.8, 4) is 0 Å². The lowest BCUT2D eigenvalue weighted by Crippen LogP contribution is -2.37. The molecule has 0 radical (unpaired) electrons. The van der Waals surface area contributed by atoms with Gasteiger partial charge in [0.15, 0.2) is 9.84 Å². The maximum Gasteiger partial charge on any atom is 0.318 e. The van der Waals surface area contributed by atoms with Gasteiger partial charge >= 0.3 is 6.55 Å². The highest BCUT2D eigenvalue weighted by Crippen LogP contribution is 2.19. The Morgan fingerprint density at radius 1 is 1.42 bits per heavy atom. The maximum absolute atomic E-state index is 12.6. The number of rotatable bonds is 5. The molecule has 0 amide bonds. The van der Waals surface area contributed by atoms with Crippen LogP contribution in [0.4, 0.5) is 8.78 Å². The van der Waals surface area contributed by atoms with Crippen LogP contribution in [0, 0.1) is 0 Å². The molecule has 1 aromatic heterocycles. The molecule has 19 heavy (non-hydrogen) atoms. The highest BCUT2D eigenvalue weighted by molar-refractivity contribution is 7.92. The van der Waals surface area contributed by atoms with Gasteiger partial charge in [-0.1, -0.05) is 6.42 Å². The molecular weight excluding hydrogens is 274 g/mol. The van der Waals surface area contributed by atoms with Gasteiger partial charge in [-0.05, 0) is 25.0 Å². The third-order valence-corrected chi connectivity index (χ3v) is 5.74. The number of halogens is 2. The third-order valence-electron chi connectivity index (χ3n) is 3.47. The van der Waals surface area contributed by atoms with Crippen LogP contribution in [-0.2, 0) is 16.4 Å². The van der Waals surface area contributed by atoms with Crippen molar-refractivity contribution in [1.29, 1.82) is 0 Å². The molecule has 0 spiro atoms. The summed E-state index contributed by atoms with van der Waals surface area (Å²) in [6, 6.07) is 3.16. The van der Waals surface area contributed by atoms with Crippen LogP contribution in [0.1, 0.15) is 31.5 Å². The van der Waals surface area contributed by atoms with Crippen molar-refractivity contribution in [3.63, 3.8) is 0 Å². The van der Waals surface area contributed by atoms with Crippen molar-refractivity contribution in [2.24, 2.45) is 0 Å². The van der Waals surface area contributed by atoms with E-state index in [2.05, 4.69) is 5.32 Å². The topological polar surface area (TPSA) is 51.1 Å². The summed E-state index contributed by atoms with van der Waals surface area (Å²) in [5, 5.41) is 2.60. The van der Waals surface area contributed by atoms with Crippen molar-refractivity contribution in [2.75, 3.05) is 12.3 Å². The Morgan fingerprint density at radius 2 is 2.21 bits per heavy atom. The van der Waals surface area contributed by atoms with E-state index in [1.807, 2.05) is 0 Å². The zero-order valence-electron chi connectivity index (χ0n) is 10.6. The fourth-order valence-corrected chi connectivity index (χ4v) is 4.22. The molecule has 0 bridgehead atoms. The first kappa shape index (κ1) is 14.5. The minimum absolute atomic E-state index is 0.243. The Kier molecular flexibility index (Phi) is 4.57. The van der Waals surface area contributed by atoms with Gasteiger partial charge in [-0.15, -0.1) is 0 Å². The van der Waals surface area contributed by atoms with Gasteiger partial charge in [0.25, 0.3) is 0 Å². The van der Waals surface area contributed by atoms with Gasteiger partial charge in [0.1, 0.15) is 0 Å². The summed E-state index contributed by atoms with van der Waals surface area (Å²) in [5.41, 5.74) is 0.461. The second kappa shape index (κ2) is 6.00. The van der Waals surface area contributed by atoms with Gasteiger partial charge in [-0.25, -0.2) is 8.42 Å². The first-order chi connectivity index (χ1) is 9.00. The predicted molar refractivity (Wildman–Crippen MR) is 68.8 cm³/mol. The van der Waals surface area contributed by atoms with Gasteiger partial charge < -0.3 is 5.32 Å². The fraction of sp³-hybridized carbons (Fsp3) is 0.667. The van der Waals surface area contributed by atoms with Gasteiger partial charge in [0, 0.05) is 25.0 Å². The molecule has 1 aliphatic rings. The molecule has 1 N–H and O–H groups in total. The fourth-order valence-electron chi connectivity index (χ4n) is 2.38. The van der Waals surface area contributed by atoms with E-state index in [-0.39, 0.29) is 17.5 Å². The second-order valence-corrected chi connectivity index (χ2v) is 7.20. The van der Waals surface area contributed by atoms with Crippen LogP contribution in [0.25, 0.3) is 0 Å². The normalized spacial score (nSPS) is 22.8. The summed E-state index contributed by atoms with van der Waals surface area (Å²) >= 11 is 0. The van der Waals surface area contributed by atoms with E-state index in [4.69, 9.17) is 0 Å². The molecule has 0 saturated carbocycles. The Balaban J connectivity index is 1.88. The molecule has 4 nitrogen and oxygen atoms in total. The van der Waals surface area contributed by atoms with Crippen molar-refractivity contribution in [1.82, 2.24) is 9.88 Å². The highest BCUT2D eigenvalue weighted by Gasteiger charge is 2.28. The molecule has 1 unspecified atom stereocenters. The molecule has 0 aliphatic carbocycles. The molecule has 2 heterocycles. The van der Waals surface area contributed by atoms with E-state index >= 15 is 0 Å². The number of hydrogen-bond acceptors (Lipinski definition) is 3. The molecule has 1 aromatic rings. The monoisotopic (exact) mass is 292 g/mol. The van der Waals surface area contributed by atoms with E-state index in [1.54, 1.807) is 12.1 Å². The standard InChI is InChI=1S/C12H18F2N2O2S/c13-12(14)16-6-3-4-10(16)8-15-9-11-5-1-2-7-19(11,17)18/h3-4,6,11-12,15H,1-2,5,7-9H2. The van der Waals surface area contributed by atoms with Crippen LogP contribution >= 0.6 is 0 Å². The van der Waals surface area contributed by atoms with Crippen molar-refractivity contribution in [3.05, 3.63) is 24.0 Å². The molecule has 1 atom stereocenters. The Bertz CT molecular complexity index is 514. The predicted octanol–water partition coefficient (Wildman–Crippen LogP) is 1.94. The third kappa shape index (κ3) is 3.54. The Morgan fingerprint density at radius 3 is 2.89 bits per heavy atom. The molecule has 0 aromatic carbocycles. The Hall–Kier alpha value is -0.950. The number of aromatic nitrogens is 1. The number of nitrogens with one attached hydrogen (secondary N) is 1. The SMILES string of the molecule is O=S1(=O)CCCCC1CNCc1cccn1C(F)F. The smallest absolute Gasteiger partial charge is 0.310 e. The summed E-state index contributed by atoms with van der Waals surface area (Å²) in [6.07, 6.45) is 3.62. The van der Waals surface area contributed by atoms with Crippen LogP contribution in [0.5, 0.6) is 0 Å². The molecule has 2 rings (SSSR count). The van der Waals surface area contributed by atoms with Crippen LogP contribution in [0.3, 0.4) is 0 Å². The van der Waals surface area contributed by atoms with Gasteiger partial charge in [-0.2, -0.15) is 8.78 Å². The van der Waals surface area contributed by atoms with E-state index < -0.39 is 16.4 Å². The summed E-state index contributed by atoms with van der Waals surface area (Å²) in [4.78, 5) is 0. The van der Waals surface area contributed by atoms with E-state index in [1.165, 1.54) is 6.20 Å². The number of nitrogens with zero attached hydrogens (tertiary/aromatic N) is 1. The van der Waals surface area contributed by atoms with Gasteiger partial charge in [-0.3, -0.25) is 4.57 Å². The minimum atomic E-state index is -3.01. The lowest BCUT2D eigenvalue weighted by molar-refractivity contribution is 0.0674. The zero-order chi connectivity index (χ0) is 13.9. The van der Waals surface area contributed by atoms with Crippen LogP contribution in [0.2, 0.25) is 0 Å². The molecule has 1 fully saturated rings. The molecule has 7 heteroatoms. The number of hydrogen-bond donors (Lipinski definition) is 1. The average Bonchev–Trinajstić information content (AvgIpc) is 2.79. The van der Waals surface area contributed by atoms with Gasteiger partial charge in [0.05, 0.1) is 11.0 Å². The summed E-state index contributed by atoms with van der Waals surface area (Å²) < 4.78 is 49.7. The molecule has 1 saturated heterocycles. The molecular formula is C12H18F2N2O2S. The lowest BCUT2D eigenvalue weighted by atomic mass is 10.2. The summed E-state index contributed by atoms with van der Waals surface area (Å²) in [7, 11) is -3.01. The first-order valence-corrected chi connectivity index (χ1v) is 8.08. The highest BCUT2D eigenvalue weighted by atomic mass is 32.2. The Labute approximate surface area is 111 Å². The van der Waals surface area contributed by atoms with E-state index in [9.17, 15) is 17.2 Å². The quantitative estimate of drug-likeness (QED) is 0.902. The first-order valence-electron chi connectivity index (χ1n) is 6.37. The van der Waals surface area contributed by atoms with Crippen LogP contribution < -0.4 is 5.32 Å². The van der Waals surface area contributed by atoms with Crippen LogP contribution in [0.15, 0.2) is 18.3 Å². The zero-order valence-corrected chi connectivity index (χ0v) is 11.4. The van der Waals surface area contributed by atoms with Gasteiger partial charge in [0.2, 0.25) is 0 Å². The maximum atomic E-state index is 12.6. The summed E-state index contributed by atoms with van der Waals surface area (Å²) in [6.45, 7) is -1.98. The van der Waals surface area contributed by atoms with Crippen molar-refractivity contribution < 1.29 is 17.2 Å². The molecule has 108 valence electrons. The van der Waals surface area contributed by atoms with E-state index in [0.29, 0.717) is 18.7 Å². The number of sulfone groups is 1. The van der Waals surface area contributed by atoms with E-state index in [0.717, 1.165) is 17.4 Å². The molecule has 1 aliphatic heterocycles. The van der Waals surface area contributed by atoms with Crippen LogP contribution in [-0.4, -0.2) is 30.5 Å².